The number of carbonyl (C=O) groups excluding carboxylic acids is 2. The van der Waals surface area contributed by atoms with Crippen LogP contribution in [-0.2, 0) is 17.6 Å². The first-order valence-corrected chi connectivity index (χ1v) is 10.6. The molecule has 7 heteroatoms. The van der Waals surface area contributed by atoms with Crippen LogP contribution in [0.5, 0.6) is 0 Å². The van der Waals surface area contributed by atoms with Crippen molar-refractivity contribution in [2.45, 2.75) is 39.5 Å². The van der Waals surface area contributed by atoms with Crippen molar-refractivity contribution in [3.8, 4) is 5.13 Å². The van der Waals surface area contributed by atoms with Crippen molar-refractivity contribution < 1.29 is 14.3 Å². The zero-order valence-electron chi connectivity index (χ0n) is 15.3. The van der Waals surface area contributed by atoms with Crippen LogP contribution < -0.4 is 0 Å². The second-order valence-corrected chi connectivity index (χ2v) is 8.71. The molecule has 140 valence electrons. The Morgan fingerprint density at radius 3 is 2.78 bits per heavy atom. The molecular formula is C20H20N2O3S2. The van der Waals surface area contributed by atoms with Crippen LogP contribution in [0.3, 0.4) is 0 Å². The SMILES string of the molecule is Cc1cc(C(=O)COC(=O)c2cc3c(s2)CCCC3)c(C)n1-c1nccs1. The number of hydrogen-bond donors (Lipinski definition) is 0. The van der Waals surface area contributed by atoms with Gasteiger partial charge in [-0.25, -0.2) is 9.78 Å². The normalized spacial score (nSPS) is 13.4. The van der Waals surface area contributed by atoms with Gasteiger partial charge in [0.15, 0.2) is 11.7 Å². The van der Waals surface area contributed by atoms with Gasteiger partial charge in [-0.15, -0.1) is 22.7 Å². The van der Waals surface area contributed by atoms with Gasteiger partial charge in [0.25, 0.3) is 0 Å². The van der Waals surface area contributed by atoms with Crippen molar-refractivity contribution in [2.24, 2.45) is 0 Å². The van der Waals surface area contributed by atoms with E-state index in [1.54, 1.807) is 6.20 Å². The maximum atomic E-state index is 12.6. The first-order chi connectivity index (χ1) is 13.0. The maximum absolute atomic E-state index is 12.6. The summed E-state index contributed by atoms with van der Waals surface area (Å²) >= 11 is 3.02. The zero-order valence-corrected chi connectivity index (χ0v) is 16.9. The van der Waals surface area contributed by atoms with E-state index in [1.165, 1.54) is 46.0 Å². The molecule has 3 aromatic rings. The number of rotatable bonds is 5. The van der Waals surface area contributed by atoms with Gasteiger partial charge in [0, 0.05) is 33.4 Å². The van der Waals surface area contributed by atoms with Crippen molar-refractivity contribution in [3.05, 3.63) is 56.0 Å². The Bertz CT molecular complexity index is 976. The summed E-state index contributed by atoms with van der Waals surface area (Å²) in [7, 11) is 0. The maximum Gasteiger partial charge on any atom is 0.348 e. The van der Waals surface area contributed by atoms with Crippen LogP contribution in [0.15, 0.2) is 23.7 Å². The van der Waals surface area contributed by atoms with Gasteiger partial charge in [0.1, 0.15) is 4.88 Å². The first-order valence-electron chi connectivity index (χ1n) is 8.95. The van der Waals surface area contributed by atoms with Crippen molar-refractivity contribution >= 4 is 34.4 Å². The van der Waals surface area contributed by atoms with E-state index in [0.29, 0.717) is 10.4 Å². The van der Waals surface area contributed by atoms with Crippen LogP contribution in [0.2, 0.25) is 0 Å². The summed E-state index contributed by atoms with van der Waals surface area (Å²) in [5, 5.41) is 2.73. The summed E-state index contributed by atoms with van der Waals surface area (Å²) in [5.41, 5.74) is 3.58. The number of aromatic nitrogens is 2. The molecule has 0 saturated carbocycles. The average molecular weight is 401 g/mol. The number of esters is 1. The summed E-state index contributed by atoms with van der Waals surface area (Å²) in [6.07, 6.45) is 6.15. The molecule has 0 bridgehead atoms. The van der Waals surface area contributed by atoms with Crippen LogP contribution in [0.4, 0.5) is 0 Å². The molecule has 0 radical (unpaired) electrons. The zero-order chi connectivity index (χ0) is 19.0. The molecule has 1 aliphatic rings. The van der Waals surface area contributed by atoms with Gasteiger partial charge in [-0.2, -0.15) is 0 Å². The molecule has 0 atom stereocenters. The number of thiophene rings is 1. The van der Waals surface area contributed by atoms with Crippen molar-refractivity contribution in [1.29, 1.82) is 0 Å². The predicted molar refractivity (Wildman–Crippen MR) is 106 cm³/mol. The lowest BCUT2D eigenvalue weighted by molar-refractivity contribution is 0.0479. The molecule has 0 fully saturated rings. The highest BCUT2D eigenvalue weighted by atomic mass is 32.1. The van der Waals surface area contributed by atoms with E-state index in [9.17, 15) is 9.59 Å². The molecular weight excluding hydrogens is 380 g/mol. The minimum Gasteiger partial charge on any atom is -0.453 e. The van der Waals surface area contributed by atoms with Crippen molar-refractivity contribution in [1.82, 2.24) is 9.55 Å². The number of carbonyl (C=O) groups is 2. The molecule has 5 nitrogen and oxygen atoms in total. The quantitative estimate of drug-likeness (QED) is 0.466. The van der Waals surface area contributed by atoms with E-state index in [0.717, 1.165) is 29.4 Å². The molecule has 0 spiro atoms. The summed E-state index contributed by atoms with van der Waals surface area (Å²) in [6.45, 7) is 3.58. The highest BCUT2D eigenvalue weighted by Gasteiger charge is 2.21. The van der Waals surface area contributed by atoms with Crippen LogP contribution in [0, 0.1) is 13.8 Å². The Kier molecular flexibility index (Phi) is 4.97. The van der Waals surface area contributed by atoms with E-state index in [1.807, 2.05) is 35.9 Å². The molecule has 3 heterocycles. The van der Waals surface area contributed by atoms with Gasteiger partial charge in [-0.05, 0) is 57.2 Å². The number of Topliss-reactive ketones (excluding diaryl/α,β-unsaturated/α-hetero) is 1. The second-order valence-electron chi connectivity index (χ2n) is 6.70. The Balaban J connectivity index is 1.46. The number of nitrogens with zero attached hydrogens (tertiary/aromatic N) is 2. The van der Waals surface area contributed by atoms with Gasteiger partial charge in [-0.3, -0.25) is 9.36 Å². The minimum absolute atomic E-state index is 0.194. The molecule has 0 aromatic carbocycles. The Morgan fingerprint density at radius 1 is 1.22 bits per heavy atom. The smallest absolute Gasteiger partial charge is 0.348 e. The third-order valence-corrected chi connectivity index (χ3v) is 6.85. The lowest BCUT2D eigenvalue weighted by Gasteiger charge is -2.08. The number of fused-ring (bicyclic) bond motifs is 1. The third-order valence-electron chi connectivity index (χ3n) is 4.87. The van der Waals surface area contributed by atoms with Gasteiger partial charge >= 0.3 is 5.97 Å². The monoisotopic (exact) mass is 400 g/mol. The highest BCUT2D eigenvalue weighted by Crippen LogP contribution is 2.30. The summed E-state index contributed by atoms with van der Waals surface area (Å²) in [6, 6.07) is 3.76. The molecule has 0 aliphatic heterocycles. The predicted octanol–water partition coefficient (Wildman–Crippen LogP) is 4.53. The molecule has 0 amide bonds. The van der Waals surface area contributed by atoms with E-state index in [-0.39, 0.29) is 12.4 Å². The van der Waals surface area contributed by atoms with Crippen LogP contribution in [0.25, 0.3) is 5.13 Å². The van der Waals surface area contributed by atoms with E-state index in [2.05, 4.69) is 4.98 Å². The molecule has 0 unspecified atom stereocenters. The third kappa shape index (κ3) is 3.49. The fourth-order valence-electron chi connectivity index (χ4n) is 3.54. The van der Waals surface area contributed by atoms with E-state index in [4.69, 9.17) is 4.74 Å². The second kappa shape index (κ2) is 7.40. The fraction of sp³-hybridized carbons (Fsp3) is 0.350. The number of ketones is 1. The number of ether oxygens (including phenoxy) is 1. The number of aryl methyl sites for hydroxylation is 3. The Morgan fingerprint density at radius 2 is 2.04 bits per heavy atom. The molecule has 27 heavy (non-hydrogen) atoms. The topological polar surface area (TPSA) is 61.2 Å². The van der Waals surface area contributed by atoms with Crippen molar-refractivity contribution in [2.75, 3.05) is 6.61 Å². The highest BCUT2D eigenvalue weighted by molar-refractivity contribution is 7.14. The largest absolute Gasteiger partial charge is 0.453 e. The average Bonchev–Trinajstić information content (AvgIpc) is 3.38. The van der Waals surface area contributed by atoms with E-state index >= 15 is 0 Å². The number of thiazole rings is 1. The molecule has 0 saturated heterocycles. The van der Waals surface area contributed by atoms with Gasteiger partial charge in [-0.1, -0.05) is 0 Å². The summed E-state index contributed by atoms with van der Waals surface area (Å²) in [4.78, 5) is 31.2. The molecule has 4 rings (SSSR count). The Labute approximate surface area is 165 Å². The fourth-order valence-corrected chi connectivity index (χ4v) is 5.44. The van der Waals surface area contributed by atoms with Gasteiger partial charge in [0.2, 0.25) is 5.78 Å². The van der Waals surface area contributed by atoms with Crippen molar-refractivity contribution in [3.63, 3.8) is 0 Å². The minimum atomic E-state index is -0.406. The van der Waals surface area contributed by atoms with E-state index < -0.39 is 5.97 Å². The number of hydrogen-bond acceptors (Lipinski definition) is 6. The standard InChI is InChI=1S/C20H20N2O3S2/c1-12-9-15(13(2)22(12)20-21-7-8-26-20)16(23)11-25-19(24)18-10-14-5-3-4-6-17(14)27-18/h7-10H,3-6,11H2,1-2H3. The Hall–Kier alpha value is -2.25. The lowest BCUT2D eigenvalue weighted by atomic mass is 9.99. The van der Waals surface area contributed by atoms with Gasteiger partial charge < -0.3 is 4.74 Å². The van der Waals surface area contributed by atoms with Crippen LogP contribution >= 0.6 is 22.7 Å². The first kappa shape index (κ1) is 18.1. The molecule has 1 aliphatic carbocycles. The summed E-state index contributed by atoms with van der Waals surface area (Å²) < 4.78 is 7.27. The molecule has 0 N–H and O–H groups in total. The van der Waals surface area contributed by atoms with Gasteiger partial charge in [0.05, 0.1) is 0 Å². The summed E-state index contributed by atoms with van der Waals surface area (Å²) in [5.74, 6) is -0.600. The lowest BCUT2D eigenvalue weighted by Crippen LogP contribution is -2.14. The molecule has 3 aromatic heterocycles. The van der Waals surface area contributed by atoms with Crippen LogP contribution in [0.1, 0.15) is 54.7 Å². The van der Waals surface area contributed by atoms with Crippen LogP contribution in [-0.4, -0.2) is 27.9 Å².